The molecule has 0 fully saturated rings. The Morgan fingerprint density at radius 1 is 1.33 bits per heavy atom. The third kappa shape index (κ3) is 2.19. The molecule has 5 heteroatoms. The summed E-state index contributed by atoms with van der Waals surface area (Å²) in [6.45, 7) is 3.55. The van der Waals surface area contributed by atoms with Crippen molar-refractivity contribution in [1.29, 1.82) is 0 Å². The van der Waals surface area contributed by atoms with E-state index < -0.39 is 0 Å². The van der Waals surface area contributed by atoms with Crippen LogP contribution in [0.4, 0.5) is 0 Å². The zero-order valence-corrected chi connectivity index (χ0v) is 14.1. The predicted octanol–water partition coefficient (Wildman–Crippen LogP) is 3.57. The van der Waals surface area contributed by atoms with Crippen molar-refractivity contribution in [2.24, 2.45) is 0 Å². The summed E-state index contributed by atoms with van der Waals surface area (Å²) in [5.41, 5.74) is 4.90. The maximum atomic E-state index is 12.6. The Hall–Kier alpha value is -2.43. The number of hydrogen-bond acceptors (Lipinski definition) is 4. The second kappa shape index (κ2) is 5.89. The highest BCUT2D eigenvalue weighted by molar-refractivity contribution is 5.96. The summed E-state index contributed by atoms with van der Waals surface area (Å²) in [6.07, 6.45) is 3.14. The van der Waals surface area contributed by atoms with E-state index in [9.17, 15) is 4.79 Å². The molecule has 0 amide bonds. The highest BCUT2D eigenvalue weighted by Gasteiger charge is 2.33. The van der Waals surface area contributed by atoms with Gasteiger partial charge in [0.2, 0.25) is 0 Å². The van der Waals surface area contributed by atoms with Gasteiger partial charge in [-0.2, -0.15) is 0 Å². The number of esters is 1. The lowest BCUT2D eigenvalue weighted by Crippen LogP contribution is -2.14. The molecule has 0 saturated carbocycles. The number of benzene rings is 1. The minimum Gasteiger partial charge on any atom is -0.497 e. The first-order chi connectivity index (χ1) is 11.7. The highest BCUT2D eigenvalue weighted by Crippen LogP contribution is 2.44. The highest BCUT2D eigenvalue weighted by atomic mass is 16.5. The van der Waals surface area contributed by atoms with Crippen molar-refractivity contribution >= 4 is 5.97 Å². The van der Waals surface area contributed by atoms with Gasteiger partial charge in [-0.25, -0.2) is 4.79 Å². The lowest BCUT2D eigenvalue weighted by Gasteiger charge is -2.23. The molecule has 1 aromatic heterocycles. The molecular weight excluding hydrogens is 306 g/mol. The summed E-state index contributed by atoms with van der Waals surface area (Å²) in [5.74, 6) is 1.35. The molecule has 0 spiro atoms. The monoisotopic (exact) mass is 327 g/mol. The van der Waals surface area contributed by atoms with Gasteiger partial charge >= 0.3 is 5.97 Å². The van der Waals surface area contributed by atoms with Crippen molar-refractivity contribution in [3.63, 3.8) is 0 Å². The van der Waals surface area contributed by atoms with E-state index in [1.165, 1.54) is 0 Å². The van der Waals surface area contributed by atoms with Crippen LogP contribution in [0.3, 0.4) is 0 Å². The smallest absolute Gasteiger partial charge is 0.340 e. The molecule has 0 unspecified atom stereocenters. The first-order valence-corrected chi connectivity index (χ1v) is 8.47. The molecule has 2 aromatic rings. The summed E-state index contributed by atoms with van der Waals surface area (Å²) in [5, 5.41) is 0. The van der Waals surface area contributed by atoms with Crippen molar-refractivity contribution in [1.82, 2.24) is 4.57 Å². The zero-order chi connectivity index (χ0) is 16.7. The number of rotatable bonds is 3. The molecule has 0 atom stereocenters. The van der Waals surface area contributed by atoms with Crippen LogP contribution in [-0.4, -0.2) is 24.3 Å². The molecule has 5 nitrogen and oxygen atoms in total. The minimum absolute atomic E-state index is 0.232. The van der Waals surface area contributed by atoms with Gasteiger partial charge in [0.25, 0.3) is 0 Å². The number of carbonyl (C=O) groups excluding carboxylic acids is 1. The zero-order valence-electron chi connectivity index (χ0n) is 14.1. The van der Waals surface area contributed by atoms with E-state index in [1.807, 2.05) is 25.1 Å². The average Bonchev–Trinajstić information content (AvgIpc) is 2.96. The van der Waals surface area contributed by atoms with Crippen molar-refractivity contribution in [2.45, 2.75) is 39.3 Å². The van der Waals surface area contributed by atoms with Crippen molar-refractivity contribution in [3.05, 3.63) is 35.0 Å². The SMILES string of the molecule is CCOC(=O)c1c2c(n3c1CCCC3)-c1ccc(OC)cc1OC2. The number of ether oxygens (including phenoxy) is 3. The molecule has 4 rings (SSSR count). The number of carbonyl (C=O) groups is 1. The van der Waals surface area contributed by atoms with Gasteiger partial charge in [0.05, 0.1) is 25.0 Å². The third-order valence-corrected chi connectivity index (χ3v) is 4.81. The van der Waals surface area contributed by atoms with Crippen molar-refractivity contribution in [3.8, 4) is 22.8 Å². The van der Waals surface area contributed by atoms with E-state index in [2.05, 4.69) is 4.57 Å². The lowest BCUT2D eigenvalue weighted by atomic mass is 10.0. The molecule has 0 N–H and O–H groups in total. The fraction of sp³-hybridized carbons (Fsp3) is 0.421. The first kappa shape index (κ1) is 15.1. The van der Waals surface area contributed by atoms with Gasteiger partial charge in [0.1, 0.15) is 18.1 Å². The van der Waals surface area contributed by atoms with Crippen LogP contribution < -0.4 is 9.47 Å². The van der Waals surface area contributed by atoms with Crippen LogP contribution in [0.15, 0.2) is 18.2 Å². The number of hydrogen-bond donors (Lipinski definition) is 0. The Kier molecular flexibility index (Phi) is 3.71. The van der Waals surface area contributed by atoms with E-state index in [0.717, 1.165) is 59.8 Å². The summed E-state index contributed by atoms with van der Waals surface area (Å²) in [6, 6.07) is 5.86. The number of nitrogens with zero attached hydrogens (tertiary/aromatic N) is 1. The minimum atomic E-state index is -0.232. The van der Waals surface area contributed by atoms with Crippen molar-refractivity contribution in [2.75, 3.05) is 13.7 Å². The quantitative estimate of drug-likeness (QED) is 0.809. The molecule has 1 aromatic carbocycles. The lowest BCUT2D eigenvalue weighted by molar-refractivity contribution is 0.0521. The molecule has 0 saturated heterocycles. The van der Waals surface area contributed by atoms with Crippen molar-refractivity contribution < 1.29 is 19.0 Å². The van der Waals surface area contributed by atoms with Gasteiger partial charge in [-0.05, 0) is 38.3 Å². The van der Waals surface area contributed by atoms with Crippen LogP contribution in [0, 0.1) is 0 Å². The Bertz CT molecular complexity index is 806. The molecule has 0 aliphatic carbocycles. The maximum Gasteiger partial charge on any atom is 0.340 e. The molecule has 3 heterocycles. The van der Waals surface area contributed by atoms with Crippen LogP contribution in [0.1, 0.15) is 41.4 Å². The van der Waals surface area contributed by atoms with Crippen LogP contribution in [0.5, 0.6) is 11.5 Å². The predicted molar refractivity (Wildman–Crippen MR) is 89.6 cm³/mol. The summed E-state index contributed by atoms with van der Waals surface area (Å²) >= 11 is 0. The summed E-state index contributed by atoms with van der Waals surface area (Å²) in [7, 11) is 1.65. The maximum absolute atomic E-state index is 12.6. The standard InChI is InChI=1S/C19H21NO4/c1-3-23-19(21)17-14-11-24-16-10-12(22-2)7-8-13(16)18(14)20-9-5-4-6-15(17)20/h7-8,10H,3-6,9,11H2,1-2H3. The Balaban J connectivity index is 1.92. The van der Waals surface area contributed by atoms with E-state index in [0.29, 0.717) is 18.8 Å². The molecular formula is C19H21NO4. The van der Waals surface area contributed by atoms with Gasteiger partial charge in [-0.1, -0.05) is 0 Å². The van der Waals surface area contributed by atoms with Crippen LogP contribution in [0.25, 0.3) is 11.3 Å². The van der Waals surface area contributed by atoms with Crippen LogP contribution in [0.2, 0.25) is 0 Å². The molecule has 0 bridgehead atoms. The van der Waals surface area contributed by atoms with Gasteiger partial charge in [0.15, 0.2) is 0 Å². The largest absolute Gasteiger partial charge is 0.497 e. The van der Waals surface area contributed by atoms with E-state index in [1.54, 1.807) is 7.11 Å². The second-order valence-electron chi connectivity index (χ2n) is 6.13. The van der Waals surface area contributed by atoms with E-state index >= 15 is 0 Å². The normalized spacial score (nSPS) is 14.9. The fourth-order valence-electron chi connectivity index (χ4n) is 3.78. The topological polar surface area (TPSA) is 49.7 Å². The van der Waals surface area contributed by atoms with Crippen LogP contribution >= 0.6 is 0 Å². The first-order valence-electron chi connectivity index (χ1n) is 8.47. The van der Waals surface area contributed by atoms with Gasteiger partial charge in [-0.15, -0.1) is 0 Å². The molecule has 2 aliphatic heterocycles. The summed E-state index contributed by atoms with van der Waals surface area (Å²) in [4.78, 5) is 12.6. The van der Waals surface area contributed by atoms with Gasteiger partial charge in [-0.3, -0.25) is 0 Å². The molecule has 0 radical (unpaired) electrons. The molecule has 126 valence electrons. The average molecular weight is 327 g/mol. The Morgan fingerprint density at radius 3 is 3.00 bits per heavy atom. The molecule has 2 aliphatic rings. The third-order valence-electron chi connectivity index (χ3n) is 4.81. The Labute approximate surface area is 141 Å². The second-order valence-corrected chi connectivity index (χ2v) is 6.13. The van der Waals surface area contributed by atoms with Crippen LogP contribution in [-0.2, 0) is 24.3 Å². The van der Waals surface area contributed by atoms with E-state index in [-0.39, 0.29) is 5.97 Å². The molecule has 24 heavy (non-hydrogen) atoms. The number of methoxy groups -OCH3 is 1. The van der Waals surface area contributed by atoms with Gasteiger partial charge < -0.3 is 18.8 Å². The van der Waals surface area contributed by atoms with Gasteiger partial charge in [0, 0.05) is 29.4 Å². The fourth-order valence-corrected chi connectivity index (χ4v) is 3.78. The van der Waals surface area contributed by atoms with E-state index in [4.69, 9.17) is 14.2 Å². The number of aromatic nitrogens is 1. The Morgan fingerprint density at radius 2 is 2.21 bits per heavy atom. The summed E-state index contributed by atoms with van der Waals surface area (Å²) < 4.78 is 18.8. The number of fused-ring (bicyclic) bond motifs is 5.